The Hall–Kier alpha value is -3.99. The van der Waals surface area contributed by atoms with E-state index in [9.17, 15) is 4.79 Å². The van der Waals surface area contributed by atoms with E-state index in [0.717, 1.165) is 28.3 Å². The third kappa shape index (κ3) is 4.65. The lowest BCUT2D eigenvalue weighted by molar-refractivity contribution is 0.0951. The highest BCUT2D eigenvalue weighted by atomic mass is 16.1. The van der Waals surface area contributed by atoms with Crippen LogP contribution in [-0.2, 0) is 6.54 Å². The molecule has 1 aromatic heterocycles. The van der Waals surface area contributed by atoms with E-state index in [1.54, 1.807) is 6.07 Å². The molecular formula is C24H20N4O. The van der Waals surface area contributed by atoms with E-state index in [4.69, 9.17) is 0 Å². The molecule has 142 valence electrons. The lowest BCUT2D eigenvalue weighted by Gasteiger charge is -2.12. The van der Waals surface area contributed by atoms with Gasteiger partial charge in [0.15, 0.2) is 0 Å². The van der Waals surface area contributed by atoms with Gasteiger partial charge in [0.1, 0.15) is 6.33 Å². The van der Waals surface area contributed by atoms with Crippen molar-refractivity contribution in [3.05, 3.63) is 109 Å². The summed E-state index contributed by atoms with van der Waals surface area (Å²) in [5, 5.41) is 6.25. The number of aromatic nitrogens is 2. The smallest absolute Gasteiger partial charge is 0.253 e. The lowest BCUT2D eigenvalue weighted by Crippen LogP contribution is -2.24. The van der Waals surface area contributed by atoms with Crippen LogP contribution in [0.4, 0.5) is 11.4 Å². The molecule has 4 rings (SSSR count). The molecule has 2 N–H and O–H groups in total. The van der Waals surface area contributed by atoms with Gasteiger partial charge in [-0.2, -0.15) is 0 Å². The van der Waals surface area contributed by atoms with Crippen LogP contribution < -0.4 is 10.6 Å². The number of nitrogens with one attached hydrogen (secondary N) is 2. The number of carbonyl (C=O) groups excluding carboxylic acids is 1. The van der Waals surface area contributed by atoms with E-state index in [1.165, 1.54) is 6.33 Å². The Morgan fingerprint density at radius 3 is 2.28 bits per heavy atom. The molecule has 1 heterocycles. The van der Waals surface area contributed by atoms with Crippen molar-refractivity contribution in [3.8, 4) is 11.3 Å². The molecule has 5 nitrogen and oxygen atoms in total. The van der Waals surface area contributed by atoms with Crippen molar-refractivity contribution in [2.24, 2.45) is 0 Å². The molecule has 0 radical (unpaired) electrons. The number of amides is 1. The number of rotatable bonds is 6. The second-order valence-electron chi connectivity index (χ2n) is 6.48. The minimum Gasteiger partial charge on any atom is -0.355 e. The fourth-order valence-electron chi connectivity index (χ4n) is 2.99. The van der Waals surface area contributed by atoms with Crippen molar-refractivity contribution in [3.63, 3.8) is 0 Å². The maximum Gasteiger partial charge on any atom is 0.253 e. The maximum atomic E-state index is 12.8. The molecule has 5 heteroatoms. The molecule has 3 aromatic carbocycles. The Morgan fingerprint density at radius 2 is 1.48 bits per heavy atom. The summed E-state index contributed by atoms with van der Waals surface area (Å²) in [4.78, 5) is 21.4. The fourth-order valence-corrected chi connectivity index (χ4v) is 2.99. The van der Waals surface area contributed by atoms with Crippen LogP contribution in [0.15, 0.2) is 97.3 Å². The minimum atomic E-state index is -0.163. The van der Waals surface area contributed by atoms with E-state index in [2.05, 4.69) is 20.6 Å². The molecule has 0 aliphatic carbocycles. The largest absolute Gasteiger partial charge is 0.355 e. The summed E-state index contributed by atoms with van der Waals surface area (Å²) in [5.74, 6) is -0.163. The number of hydrogen-bond acceptors (Lipinski definition) is 4. The van der Waals surface area contributed by atoms with E-state index < -0.39 is 0 Å². The highest BCUT2D eigenvalue weighted by Gasteiger charge is 2.11. The molecule has 0 fully saturated rings. The number of anilines is 2. The first-order chi connectivity index (χ1) is 14.3. The Bertz CT molecular complexity index is 1100. The Morgan fingerprint density at radius 1 is 0.793 bits per heavy atom. The first-order valence-corrected chi connectivity index (χ1v) is 9.35. The Labute approximate surface area is 169 Å². The molecule has 0 atom stereocenters. The van der Waals surface area contributed by atoms with Gasteiger partial charge in [0.2, 0.25) is 0 Å². The summed E-state index contributed by atoms with van der Waals surface area (Å²) >= 11 is 0. The molecule has 4 aromatic rings. The van der Waals surface area contributed by atoms with Crippen molar-refractivity contribution in [2.45, 2.75) is 6.54 Å². The Kier molecular flexibility index (Phi) is 5.58. The van der Waals surface area contributed by atoms with Gasteiger partial charge in [-0.05, 0) is 30.3 Å². The van der Waals surface area contributed by atoms with Crippen molar-refractivity contribution < 1.29 is 4.79 Å². The SMILES string of the molecule is O=C(NCc1cc(-c2ccccc2)ncn1)c1ccccc1Nc1ccccc1. The van der Waals surface area contributed by atoms with Crippen LogP contribution in [0, 0.1) is 0 Å². The van der Waals surface area contributed by atoms with Gasteiger partial charge < -0.3 is 10.6 Å². The average molecular weight is 380 g/mol. The molecule has 1 amide bonds. The predicted octanol–water partition coefficient (Wildman–Crippen LogP) is 4.82. The van der Waals surface area contributed by atoms with Gasteiger partial charge in [0.05, 0.1) is 29.2 Å². The van der Waals surface area contributed by atoms with Crippen molar-refractivity contribution in [2.75, 3.05) is 5.32 Å². The van der Waals surface area contributed by atoms with Gasteiger partial charge in [-0.3, -0.25) is 4.79 Å². The second kappa shape index (κ2) is 8.80. The molecule has 0 unspecified atom stereocenters. The van der Waals surface area contributed by atoms with E-state index in [0.29, 0.717) is 12.1 Å². The molecule has 0 aliphatic rings. The summed E-state index contributed by atoms with van der Waals surface area (Å²) in [6.07, 6.45) is 1.52. The van der Waals surface area contributed by atoms with Gasteiger partial charge in [0.25, 0.3) is 5.91 Å². The summed E-state index contributed by atoms with van der Waals surface area (Å²) in [6, 6.07) is 29.0. The topological polar surface area (TPSA) is 66.9 Å². The second-order valence-corrected chi connectivity index (χ2v) is 6.48. The van der Waals surface area contributed by atoms with Crippen molar-refractivity contribution >= 4 is 17.3 Å². The zero-order chi connectivity index (χ0) is 19.9. The number of benzene rings is 3. The summed E-state index contributed by atoms with van der Waals surface area (Å²) in [6.45, 7) is 0.320. The lowest BCUT2D eigenvalue weighted by atomic mass is 10.1. The Balaban J connectivity index is 1.47. The molecular weight excluding hydrogens is 360 g/mol. The van der Waals surface area contributed by atoms with Gasteiger partial charge in [-0.25, -0.2) is 9.97 Å². The van der Waals surface area contributed by atoms with E-state index in [1.807, 2.05) is 84.9 Å². The first-order valence-electron chi connectivity index (χ1n) is 9.35. The summed E-state index contributed by atoms with van der Waals surface area (Å²) in [7, 11) is 0. The van der Waals surface area contributed by atoms with Crippen LogP contribution in [0.1, 0.15) is 16.1 Å². The molecule has 0 saturated carbocycles. The first kappa shape index (κ1) is 18.4. The van der Waals surface area contributed by atoms with Crippen molar-refractivity contribution in [1.82, 2.24) is 15.3 Å². The monoisotopic (exact) mass is 380 g/mol. The van der Waals surface area contributed by atoms with Crippen LogP contribution in [0.2, 0.25) is 0 Å². The van der Waals surface area contributed by atoms with Crippen molar-refractivity contribution in [1.29, 1.82) is 0 Å². The van der Waals surface area contributed by atoms with Crippen LogP contribution in [0.25, 0.3) is 11.3 Å². The molecule has 0 aliphatic heterocycles. The third-order valence-corrected chi connectivity index (χ3v) is 4.45. The van der Waals surface area contributed by atoms with Crippen LogP contribution in [-0.4, -0.2) is 15.9 Å². The normalized spacial score (nSPS) is 10.3. The van der Waals surface area contributed by atoms with Gasteiger partial charge in [-0.1, -0.05) is 60.7 Å². The maximum absolute atomic E-state index is 12.8. The highest BCUT2D eigenvalue weighted by Crippen LogP contribution is 2.21. The van der Waals surface area contributed by atoms with Crippen LogP contribution in [0.3, 0.4) is 0 Å². The quantitative estimate of drug-likeness (QED) is 0.503. The summed E-state index contributed by atoms with van der Waals surface area (Å²) in [5.41, 5.74) is 4.85. The minimum absolute atomic E-state index is 0.163. The van der Waals surface area contributed by atoms with Crippen LogP contribution >= 0.6 is 0 Å². The zero-order valence-electron chi connectivity index (χ0n) is 15.7. The molecule has 0 saturated heterocycles. The standard InChI is InChI=1S/C24H20N4O/c29-24(21-13-7-8-14-22(21)28-19-11-5-2-6-12-19)25-16-20-15-23(27-17-26-20)18-9-3-1-4-10-18/h1-15,17,28H,16H2,(H,25,29). The number of nitrogens with zero attached hydrogens (tertiary/aromatic N) is 2. The number of hydrogen-bond donors (Lipinski definition) is 2. The highest BCUT2D eigenvalue weighted by molar-refractivity contribution is 6.00. The zero-order valence-corrected chi connectivity index (χ0v) is 15.7. The number of carbonyl (C=O) groups is 1. The third-order valence-electron chi connectivity index (χ3n) is 4.45. The van der Waals surface area contributed by atoms with Gasteiger partial charge >= 0.3 is 0 Å². The summed E-state index contributed by atoms with van der Waals surface area (Å²) < 4.78 is 0. The average Bonchev–Trinajstić information content (AvgIpc) is 2.79. The molecule has 0 spiro atoms. The fraction of sp³-hybridized carbons (Fsp3) is 0.0417. The predicted molar refractivity (Wildman–Crippen MR) is 115 cm³/mol. The van der Waals surface area contributed by atoms with Gasteiger partial charge in [-0.15, -0.1) is 0 Å². The molecule has 29 heavy (non-hydrogen) atoms. The van der Waals surface area contributed by atoms with E-state index >= 15 is 0 Å². The van der Waals surface area contributed by atoms with E-state index in [-0.39, 0.29) is 5.91 Å². The van der Waals surface area contributed by atoms with Gasteiger partial charge in [0, 0.05) is 11.3 Å². The van der Waals surface area contributed by atoms with Crippen LogP contribution in [0.5, 0.6) is 0 Å². The number of para-hydroxylation sites is 2. The molecule has 0 bridgehead atoms.